The molecule has 17 heavy (non-hydrogen) atoms. The Balaban J connectivity index is 2.10. The largest absolute Gasteiger partial charge is 0.398 e. The van der Waals surface area contributed by atoms with Gasteiger partial charge >= 0.3 is 0 Å². The second kappa shape index (κ2) is 4.40. The molecule has 0 bridgehead atoms. The zero-order valence-electron chi connectivity index (χ0n) is 10.5. The van der Waals surface area contributed by atoms with Crippen LogP contribution in [0.25, 0.3) is 0 Å². The van der Waals surface area contributed by atoms with Gasteiger partial charge in [0.2, 0.25) is 5.91 Å². The van der Waals surface area contributed by atoms with Gasteiger partial charge in [-0.25, -0.2) is 0 Å². The van der Waals surface area contributed by atoms with E-state index < -0.39 is 0 Å². The topological polar surface area (TPSA) is 55.1 Å². The molecule has 0 atom stereocenters. The molecular weight excluding hydrogens is 212 g/mol. The molecule has 0 spiro atoms. The SMILES string of the molecule is Cc1ccc(NC(=O)C2(C)CCCC2)cc1N. The van der Waals surface area contributed by atoms with Gasteiger partial charge in [0, 0.05) is 16.8 Å². The van der Waals surface area contributed by atoms with Crippen molar-refractivity contribution in [1.29, 1.82) is 0 Å². The van der Waals surface area contributed by atoms with Crippen molar-refractivity contribution in [3.63, 3.8) is 0 Å². The smallest absolute Gasteiger partial charge is 0.230 e. The Morgan fingerprint density at radius 2 is 2.00 bits per heavy atom. The van der Waals surface area contributed by atoms with Gasteiger partial charge in [0.05, 0.1) is 0 Å². The summed E-state index contributed by atoms with van der Waals surface area (Å²) < 4.78 is 0. The van der Waals surface area contributed by atoms with E-state index in [1.54, 1.807) is 0 Å². The van der Waals surface area contributed by atoms with E-state index in [1.807, 2.05) is 32.0 Å². The highest BCUT2D eigenvalue weighted by molar-refractivity contribution is 5.95. The lowest BCUT2D eigenvalue weighted by Crippen LogP contribution is -2.30. The molecule has 3 N–H and O–H groups in total. The Morgan fingerprint density at radius 3 is 2.59 bits per heavy atom. The minimum atomic E-state index is -0.195. The number of anilines is 2. The maximum absolute atomic E-state index is 12.2. The summed E-state index contributed by atoms with van der Waals surface area (Å²) in [4.78, 5) is 12.2. The van der Waals surface area contributed by atoms with Crippen LogP contribution in [0.5, 0.6) is 0 Å². The molecule has 3 nitrogen and oxygen atoms in total. The third-order valence-corrected chi connectivity index (χ3v) is 3.79. The normalized spacial score (nSPS) is 18.0. The average Bonchev–Trinajstić information content (AvgIpc) is 2.72. The van der Waals surface area contributed by atoms with Crippen molar-refractivity contribution in [2.75, 3.05) is 11.1 Å². The number of nitrogens with one attached hydrogen (secondary N) is 1. The van der Waals surface area contributed by atoms with Crippen molar-refractivity contribution >= 4 is 17.3 Å². The second-order valence-corrected chi connectivity index (χ2v) is 5.29. The summed E-state index contributed by atoms with van der Waals surface area (Å²) >= 11 is 0. The first-order chi connectivity index (χ1) is 8.01. The van der Waals surface area contributed by atoms with E-state index in [-0.39, 0.29) is 11.3 Å². The molecule has 0 unspecified atom stereocenters. The van der Waals surface area contributed by atoms with Crippen molar-refractivity contribution in [2.24, 2.45) is 5.41 Å². The molecule has 0 aromatic heterocycles. The summed E-state index contributed by atoms with van der Waals surface area (Å²) in [6.45, 7) is 4.01. The fourth-order valence-electron chi connectivity index (χ4n) is 2.38. The summed E-state index contributed by atoms with van der Waals surface area (Å²) in [7, 11) is 0. The lowest BCUT2D eigenvalue weighted by atomic mass is 9.88. The van der Waals surface area contributed by atoms with Crippen LogP contribution < -0.4 is 11.1 Å². The van der Waals surface area contributed by atoms with Crippen molar-refractivity contribution < 1.29 is 4.79 Å². The highest BCUT2D eigenvalue weighted by atomic mass is 16.2. The molecule has 1 aliphatic carbocycles. The van der Waals surface area contributed by atoms with E-state index >= 15 is 0 Å². The average molecular weight is 232 g/mol. The Kier molecular flexibility index (Phi) is 3.09. The second-order valence-electron chi connectivity index (χ2n) is 5.29. The molecular formula is C14H20N2O. The van der Waals surface area contributed by atoms with E-state index in [9.17, 15) is 4.79 Å². The monoisotopic (exact) mass is 232 g/mol. The highest BCUT2D eigenvalue weighted by Gasteiger charge is 2.36. The third-order valence-electron chi connectivity index (χ3n) is 3.79. The predicted octanol–water partition coefficient (Wildman–Crippen LogP) is 3.10. The molecule has 1 aromatic rings. The predicted molar refractivity (Wildman–Crippen MR) is 70.8 cm³/mol. The molecule has 0 saturated heterocycles. The minimum Gasteiger partial charge on any atom is -0.398 e. The number of amides is 1. The van der Waals surface area contributed by atoms with Crippen LogP contribution in [0.15, 0.2) is 18.2 Å². The summed E-state index contributed by atoms with van der Waals surface area (Å²) in [6.07, 6.45) is 4.28. The molecule has 1 fully saturated rings. The quantitative estimate of drug-likeness (QED) is 0.770. The molecule has 92 valence electrons. The molecule has 1 saturated carbocycles. The Bertz CT molecular complexity index is 434. The van der Waals surface area contributed by atoms with E-state index in [2.05, 4.69) is 5.32 Å². The first-order valence-corrected chi connectivity index (χ1v) is 6.19. The molecule has 2 rings (SSSR count). The fraction of sp³-hybridized carbons (Fsp3) is 0.500. The number of nitrogens with two attached hydrogens (primary N) is 1. The van der Waals surface area contributed by atoms with Crippen LogP contribution in [0.1, 0.15) is 38.2 Å². The fourth-order valence-corrected chi connectivity index (χ4v) is 2.38. The molecule has 1 amide bonds. The van der Waals surface area contributed by atoms with Gasteiger partial charge in [-0.2, -0.15) is 0 Å². The Hall–Kier alpha value is -1.51. The van der Waals surface area contributed by atoms with Gasteiger partial charge in [0.25, 0.3) is 0 Å². The van der Waals surface area contributed by atoms with Crippen molar-refractivity contribution in [3.8, 4) is 0 Å². The molecule has 1 aliphatic rings. The number of hydrogen-bond acceptors (Lipinski definition) is 2. The Morgan fingerprint density at radius 1 is 1.35 bits per heavy atom. The summed E-state index contributed by atoms with van der Waals surface area (Å²) in [5.74, 6) is 0.123. The minimum absolute atomic E-state index is 0.123. The lowest BCUT2D eigenvalue weighted by Gasteiger charge is -2.22. The van der Waals surface area contributed by atoms with Crippen LogP contribution in [0.2, 0.25) is 0 Å². The maximum Gasteiger partial charge on any atom is 0.230 e. The van der Waals surface area contributed by atoms with Gasteiger partial charge in [-0.3, -0.25) is 4.79 Å². The van der Waals surface area contributed by atoms with E-state index in [0.717, 1.165) is 42.6 Å². The van der Waals surface area contributed by atoms with E-state index in [4.69, 9.17) is 5.73 Å². The van der Waals surface area contributed by atoms with Crippen LogP contribution in [0.3, 0.4) is 0 Å². The van der Waals surface area contributed by atoms with Crippen molar-refractivity contribution in [2.45, 2.75) is 39.5 Å². The van der Waals surface area contributed by atoms with Gasteiger partial charge in [0.1, 0.15) is 0 Å². The molecule has 3 heteroatoms. The van der Waals surface area contributed by atoms with Crippen LogP contribution in [-0.4, -0.2) is 5.91 Å². The number of rotatable bonds is 2. The zero-order chi connectivity index (χ0) is 12.5. The van der Waals surface area contributed by atoms with Gasteiger partial charge < -0.3 is 11.1 Å². The standard InChI is InChI=1S/C14H20N2O/c1-10-5-6-11(9-12(10)15)16-13(17)14(2)7-3-4-8-14/h5-6,9H,3-4,7-8,15H2,1-2H3,(H,16,17). The lowest BCUT2D eigenvalue weighted by molar-refractivity contribution is -0.124. The first-order valence-electron chi connectivity index (χ1n) is 6.19. The number of carbonyl (C=O) groups is 1. The molecule has 0 heterocycles. The van der Waals surface area contributed by atoms with Crippen LogP contribution >= 0.6 is 0 Å². The molecule has 1 aromatic carbocycles. The number of aryl methyl sites for hydroxylation is 1. The highest BCUT2D eigenvalue weighted by Crippen LogP contribution is 2.38. The van der Waals surface area contributed by atoms with Gasteiger partial charge in [-0.05, 0) is 37.5 Å². The van der Waals surface area contributed by atoms with Gasteiger partial charge in [-0.15, -0.1) is 0 Å². The Labute approximate surface area is 102 Å². The number of nitrogen functional groups attached to an aromatic ring is 1. The van der Waals surface area contributed by atoms with Crippen LogP contribution in [0.4, 0.5) is 11.4 Å². The van der Waals surface area contributed by atoms with Gasteiger partial charge in [0.15, 0.2) is 0 Å². The number of benzene rings is 1. The number of hydrogen-bond donors (Lipinski definition) is 2. The van der Waals surface area contributed by atoms with Crippen LogP contribution in [0, 0.1) is 12.3 Å². The van der Waals surface area contributed by atoms with E-state index in [1.165, 1.54) is 0 Å². The van der Waals surface area contributed by atoms with Crippen molar-refractivity contribution in [1.82, 2.24) is 0 Å². The van der Waals surface area contributed by atoms with Gasteiger partial charge in [-0.1, -0.05) is 25.8 Å². The van der Waals surface area contributed by atoms with Crippen LogP contribution in [-0.2, 0) is 4.79 Å². The van der Waals surface area contributed by atoms with Crippen molar-refractivity contribution in [3.05, 3.63) is 23.8 Å². The number of carbonyl (C=O) groups excluding carboxylic acids is 1. The summed E-state index contributed by atoms with van der Waals surface area (Å²) in [6, 6.07) is 5.66. The third kappa shape index (κ3) is 2.43. The zero-order valence-corrected chi connectivity index (χ0v) is 10.5. The summed E-state index contributed by atoms with van der Waals surface area (Å²) in [5.41, 5.74) is 8.19. The summed E-state index contributed by atoms with van der Waals surface area (Å²) in [5, 5.41) is 2.97. The maximum atomic E-state index is 12.2. The molecule has 0 aliphatic heterocycles. The first kappa shape index (κ1) is 12.0. The van der Waals surface area contributed by atoms with E-state index in [0.29, 0.717) is 0 Å². The molecule has 0 radical (unpaired) electrons.